The van der Waals surface area contributed by atoms with Gasteiger partial charge in [-0.3, -0.25) is 14.9 Å². The summed E-state index contributed by atoms with van der Waals surface area (Å²) in [6.07, 6.45) is 7.15. The van der Waals surface area contributed by atoms with E-state index in [0.717, 1.165) is 61.5 Å². The summed E-state index contributed by atoms with van der Waals surface area (Å²) in [5.74, 6) is 0.0887. The Morgan fingerprint density at radius 3 is 2.76 bits per heavy atom. The summed E-state index contributed by atoms with van der Waals surface area (Å²) < 4.78 is 21.5. The number of piperidine rings is 1. The largest absolute Gasteiger partial charge is 0.489 e. The van der Waals surface area contributed by atoms with Gasteiger partial charge in [0, 0.05) is 50.0 Å². The van der Waals surface area contributed by atoms with Crippen molar-refractivity contribution in [3.05, 3.63) is 89.2 Å². The van der Waals surface area contributed by atoms with Crippen molar-refractivity contribution in [2.45, 2.75) is 51.3 Å². The maximum absolute atomic E-state index is 13.5. The number of pyridine rings is 1. The first-order chi connectivity index (χ1) is 20.4. The summed E-state index contributed by atoms with van der Waals surface area (Å²) >= 11 is 1.41. The van der Waals surface area contributed by atoms with Crippen LogP contribution in [0.15, 0.2) is 66.3 Å². The van der Waals surface area contributed by atoms with Crippen LogP contribution < -0.4 is 15.0 Å². The average Bonchev–Trinajstić information content (AvgIpc) is 3.75. The van der Waals surface area contributed by atoms with E-state index in [-0.39, 0.29) is 24.0 Å². The van der Waals surface area contributed by atoms with Crippen molar-refractivity contribution in [2.24, 2.45) is 0 Å². The summed E-state index contributed by atoms with van der Waals surface area (Å²) in [6.45, 7) is 4.32. The molecule has 3 aromatic heterocycles. The number of thiazole rings is 1. The molecule has 6 rings (SSSR count). The maximum atomic E-state index is 13.5. The number of carbonyl (C=O) groups excluding carboxylic acids is 2. The lowest BCUT2D eigenvalue weighted by Gasteiger charge is -2.32. The van der Waals surface area contributed by atoms with Crippen LogP contribution in [0.3, 0.4) is 0 Å². The first-order valence-electron chi connectivity index (χ1n) is 14.2. The van der Waals surface area contributed by atoms with Crippen molar-refractivity contribution in [3.63, 3.8) is 0 Å². The second-order valence-corrected chi connectivity index (χ2v) is 11.6. The Morgan fingerprint density at radius 2 is 1.95 bits per heavy atom. The number of aromatic nitrogens is 3. The fourth-order valence-electron chi connectivity index (χ4n) is 5.77. The first-order valence-corrected chi connectivity index (χ1v) is 15.1. The quantitative estimate of drug-likeness (QED) is 0.273. The second kappa shape index (κ2) is 12.3. The Hall–Kier alpha value is -4.25. The van der Waals surface area contributed by atoms with E-state index in [9.17, 15) is 14.0 Å². The highest BCUT2D eigenvalue weighted by atomic mass is 32.1. The summed E-state index contributed by atoms with van der Waals surface area (Å²) in [7, 11) is 0. The molecule has 0 bridgehead atoms. The Labute approximate surface area is 248 Å². The number of ether oxygens (including phenoxy) is 1. The molecule has 9 nitrogen and oxygen atoms in total. The van der Waals surface area contributed by atoms with Crippen LogP contribution >= 0.6 is 11.3 Å². The molecular formula is C31H33FN6O3S. The summed E-state index contributed by atoms with van der Waals surface area (Å²) in [5, 5.41) is 5.49. The zero-order valence-electron chi connectivity index (χ0n) is 23.4. The predicted octanol–water partition coefficient (Wildman–Crippen LogP) is 5.51. The summed E-state index contributed by atoms with van der Waals surface area (Å²) in [4.78, 5) is 37.4. The monoisotopic (exact) mass is 588 g/mol. The van der Waals surface area contributed by atoms with Crippen LogP contribution in [0.1, 0.15) is 60.4 Å². The van der Waals surface area contributed by atoms with Gasteiger partial charge in [-0.25, -0.2) is 9.97 Å². The number of hydrogen-bond donors (Lipinski definition) is 1. The van der Waals surface area contributed by atoms with E-state index in [4.69, 9.17) is 9.72 Å². The number of carbonyl (C=O) groups is 2. The van der Waals surface area contributed by atoms with E-state index in [1.54, 1.807) is 35.9 Å². The molecule has 2 atom stereocenters. The minimum atomic E-state index is -0.548. The van der Waals surface area contributed by atoms with E-state index >= 15 is 0 Å². The van der Waals surface area contributed by atoms with Gasteiger partial charge in [0.1, 0.15) is 17.5 Å². The van der Waals surface area contributed by atoms with E-state index in [1.807, 2.05) is 22.4 Å². The van der Waals surface area contributed by atoms with E-state index in [0.29, 0.717) is 23.9 Å². The molecule has 1 aromatic carbocycles. The van der Waals surface area contributed by atoms with Crippen molar-refractivity contribution >= 4 is 34.0 Å². The molecule has 218 valence electrons. The highest BCUT2D eigenvalue weighted by molar-refractivity contribution is 7.14. The molecule has 1 N–H and O–H groups in total. The number of rotatable bonds is 8. The number of amides is 2. The molecule has 2 amide bonds. The molecule has 42 heavy (non-hydrogen) atoms. The fourth-order valence-corrected chi connectivity index (χ4v) is 6.52. The van der Waals surface area contributed by atoms with Crippen LogP contribution in [-0.4, -0.2) is 57.0 Å². The molecule has 2 aliphatic rings. The summed E-state index contributed by atoms with van der Waals surface area (Å²) in [6, 6.07) is 14.9. The van der Waals surface area contributed by atoms with Crippen molar-refractivity contribution in [3.8, 4) is 5.75 Å². The van der Waals surface area contributed by atoms with Crippen LogP contribution in [0.4, 0.5) is 15.2 Å². The Bertz CT molecular complexity index is 1550. The minimum absolute atomic E-state index is 0.0122. The summed E-state index contributed by atoms with van der Waals surface area (Å²) in [5.41, 5.74) is 3.22. The van der Waals surface area contributed by atoms with Crippen LogP contribution in [0.25, 0.3) is 0 Å². The number of benzene rings is 1. The predicted molar refractivity (Wildman–Crippen MR) is 159 cm³/mol. The Morgan fingerprint density at radius 1 is 1.12 bits per heavy atom. The van der Waals surface area contributed by atoms with Gasteiger partial charge in [-0.2, -0.15) is 4.39 Å². The molecule has 11 heteroatoms. The van der Waals surface area contributed by atoms with Gasteiger partial charge < -0.3 is 19.1 Å². The molecule has 2 saturated heterocycles. The molecular weight excluding hydrogens is 555 g/mol. The average molecular weight is 589 g/mol. The van der Waals surface area contributed by atoms with Gasteiger partial charge in [0.15, 0.2) is 5.13 Å². The van der Waals surface area contributed by atoms with Crippen LogP contribution in [-0.2, 0) is 11.3 Å². The van der Waals surface area contributed by atoms with Crippen LogP contribution in [0, 0.1) is 5.95 Å². The van der Waals surface area contributed by atoms with E-state index in [2.05, 4.69) is 27.3 Å². The van der Waals surface area contributed by atoms with Crippen LogP contribution in [0.2, 0.25) is 0 Å². The van der Waals surface area contributed by atoms with Crippen molar-refractivity contribution in [1.29, 1.82) is 0 Å². The molecule has 2 fully saturated rings. The van der Waals surface area contributed by atoms with Gasteiger partial charge in [-0.1, -0.05) is 0 Å². The number of halogens is 1. The van der Waals surface area contributed by atoms with Crippen molar-refractivity contribution < 1.29 is 18.7 Å². The normalized spacial score (nSPS) is 18.7. The van der Waals surface area contributed by atoms with Gasteiger partial charge in [0.05, 0.1) is 18.3 Å². The molecule has 0 radical (unpaired) electrons. The highest BCUT2D eigenvalue weighted by Crippen LogP contribution is 2.38. The number of anilines is 2. The number of nitrogens with one attached hydrogen (secondary N) is 1. The third-order valence-corrected chi connectivity index (χ3v) is 8.61. The number of nitrogens with zero attached hydrogens (tertiary/aromatic N) is 5. The Kier molecular flexibility index (Phi) is 8.18. The lowest BCUT2D eigenvalue weighted by molar-refractivity contribution is -0.131. The third kappa shape index (κ3) is 6.30. The molecule has 2 aliphatic heterocycles. The minimum Gasteiger partial charge on any atom is -0.489 e. The van der Waals surface area contributed by atoms with Crippen molar-refractivity contribution in [1.82, 2.24) is 19.4 Å². The molecule has 0 saturated carbocycles. The Balaban J connectivity index is 1.08. The smallest absolute Gasteiger partial charge is 0.274 e. The standard InChI is InChI=1S/C31H33FN6O3S/c1-21(39)36-14-2-5-25(19-36)41-24-10-8-23(9-11-24)38-16-4-6-27(38)26-20-42-31(34-26)35-30(40)28-7-3-15-37(28)18-22-12-13-33-29(32)17-22/h3,7-13,15,17,20,25,27H,2,4-6,14,16,18-19H2,1H3,(H,34,35,40)/t25-,27-/m1/s1. The van der Waals surface area contributed by atoms with Gasteiger partial charge in [0.25, 0.3) is 5.91 Å². The van der Waals surface area contributed by atoms with Crippen molar-refractivity contribution in [2.75, 3.05) is 29.9 Å². The molecule has 0 unspecified atom stereocenters. The van der Waals surface area contributed by atoms with E-state index in [1.165, 1.54) is 23.6 Å². The molecule has 0 spiro atoms. The molecule has 4 aromatic rings. The number of hydrogen-bond acceptors (Lipinski definition) is 7. The first kappa shape index (κ1) is 27.9. The third-order valence-electron chi connectivity index (χ3n) is 7.84. The molecule has 5 heterocycles. The maximum Gasteiger partial charge on any atom is 0.274 e. The van der Waals surface area contributed by atoms with Crippen LogP contribution in [0.5, 0.6) is 5.75 Å². The SMILES string of the molecule is CC(=O)N1CCC[C@@H](Oc2ccc(N3CCC[C@@H]3c3csc(NC(=O)c4cccn4Cc4ccnc(F)c4)n3)cc2)C1. The van der Waals surface area contributed by atoms with Gasteiger partial charge in [-0.05, 0) is 79.8 Å². The topological polar surface area (TPSA) is 92.6 Å². The lowest BCUT2D eigenvalue weighted by atomic mass is 10.1. The van der Waals surface area contributed by atoms with Gasteiger partial charge in [-0.15, -0.1) is 11.3 Å². The fraction of sp³-hybridized carbons (Fsp3) is 0.355. The van der Waals surface area contributed by atoms with Gasteiger partial charge in [0.2, 0.25) is 11.9 Å². The lowest BCUT2D eigenvalue weighted by Crippen LogP contribution is -2.43. The second-order valence-electron chi connectivity index (χ2n) is 10.7. The van der Waals surface area contributed by atoms with Gasteiger partial charge >= 0.3 is 0 Å². The highest BCUT2D eigenvalue weighted by Gasteiger charge is 2.29. The zero-order chi connectivity index (χ0) is 29.1. The molecule has 0 aliphatic carbocycles. The van der Waals surface area contributed by atoms with E-state index < -0.39 is 5.95 Å². The number of likely N-dealkylation sites (tertiary alicyclic amines) is 1. The zero-order valence-corrected chi connectivity index (χ0v) is 24.2.